The lowest BCUT2D eigenvalue weighted by Gasteiger charge is -2.31. The summed E-state index contributed by atoms with van der Waals surface area (Å²) < 4.78 is 0. The highest BCUT2D eigenvalue weighted by Gasteiger charge is 2.18. The molecule has 1 aromatic rings. The van der Waals surface area contributed by atoms with Crippen LogP contribution in [0.4, 0.5) is 5.95 Å². The predicted octanol–water partition coefficient (Wildman–Crippen LogP) is 2.10. The second-order valence-corrected chi connectivity index (χ2v) is 3.89. The van der Waals surface area contributed by atoms with Crippen LogP contribution in [-0.4, -0.2) is 23.1 Å². The largest absolute Gasteiger partial charge is 0.341 e. The SMILES string of the molecule is CCC1CCN(c2ncccn2)CC1. The Labute approximate surface area is 85.2 Å². The highest BCUT2D eigenvalue weighted by molar-refractivity contribution is 5.28. The molecule has 14 heavy (non-hydrogen) atoms. The molecular weight excluding hydrogens is 174 g/mol. The van der Waals surface area contributed by atoms with Crippen molar-refractivity contribution in [1.29, 1.82) is 0 Å². The van der Waals surface area contributed by atoms with Crippen LogP contribution < -0.4 is 4.90 Å². The molecule has 0 aliphatic carbocycles. The van der Waals surface area contributed by atoms with E-state index in [1.807, 2.05) is 18.5 Å². The summed E-state index contributed by atoms with van der Waals surface area (Å²) in [5, 5.41) is 0. The van der Waals surface area contributed by atoms with E-state index in [0.717, 1.165) is 25.0 Å². The van der Waals surface area contributed by atoms with Crippen molar-refractivity contribution in [3.63, 3.8) is 0 Å². The van der Waals surface area contributed by atoms with E-state index in [-0.39, 0.29) is 0 Å². The van der Waals surface area contributed by atoms with Crippen molar-refractivity contribution in [1.82, 2.24) is 9.97 Å². The van der Waals surface area contributed by atoms with Crippen molar-refractivity contribution < 1.29 is 0 Å². The van der Waals surface area contributed by atoms with Crippen LogP contribution >= 0.6 is 0 Å². The number of nitrogens with zero attached hydrogens (tertiary/aromatic N) is 3. The minimum Gasteiger partial charge on any atom is -0.341 e. The molecule has 3 nitrogen and oxygen atoms in total. The van der Waals surface area contributed by atoms with Crippen LogP contribution in [0.1, 0.15) is 26.2 Å². The van der Waals surface area contributed by atoms with Gasteiger partial charge in [-0.15, -0.1) is 0 Å². The molecule has 0 unspecified atom stereocenters. The van der Waals surface area contributed by atoms with Crippen LogP contribution in [0, 0.1) is 5.92 Å². The second-order valence-electron chi connectivity index (χ2n) is 3.89. The van der Waals surface area contributed by atoms with E-state index in [4.69, 9.17) is 0 Å². The van der Waals surface area contributed by atoms with Gasteiger partial charge in [0.25, 0.3) is 0 Å². The van der Waals surface area contributed by atoms with Gasteiger partial charge in [-0.1, -0.05) is 13.3 Å². The van der Waals surface area contributed by atoms with Gasteiger partial charge >= 0.3 is 0 Å². The normalized spacial score (nSPS) is 18.5. The van der Waals surface area contributed by atoms with Gasteiger partial charge in [0.05, 0.1) is 0 Å². The van der Waals surface area contributed by atoms with E-state index in [0.29, 0.717) is 0 Å². The smallest absolute Gasteiger partial charge is 0.225 e. The number of rotatable bonds is 2. The molecule has 1 saturated heterocycles. The summed E-state index contributed by atoms with van der Waals surface area (Å²) in [6.07, 6.45) is 7.51. The third-order valence-corrected chi connectivity index (χ3v) is 3.03. The first-order chi connectivity index (χ1) is 6.90. The zero-order chi connectivity index (χ0) is 9.80. The van der Waals surface area contributed by atoms with Crippen LogP contribution in [0.25, 0.3) is 0 Å². The van der Waals surface area contributed by atoms with E-state index < -0.39 is 0 Å². The van der Waals surface area contributed by atoms with Crippen LogP contribution in [0.15, 0.2) is 18.5 Å². The summed E-state index contributed by atoms with van der Waals surface area (Å²) in [5.41, 5.74) is 0. The topological polar surface area (TPSA) is 29.0 Å². The first-order valence-corrected chi connectivity index (χ1v) is 5.42. The van der Waals surface area contributed by atoms with Crippen molar-refractivity contribution in [3.05, 3.63) is 18.5 Å². The standard InChI is InChI=1S/C11H17N3/c1-2-10-4-8-14(9-5-10)11-12-6-3-7-13-11/h3,6-7,10H,2,4-5,8-9H2,1H3. The molecule has 0 spiro atoms. The van der Waals surface area contributed by atoms with Gasteiger partial charge in [-0.3, -0.25) is 0 Å². The average molecular weight is 191 g/mol. The molecule has 0 saturated carbocycles. The summed E-state index contributed by atoms with van der Waals surface area (Å²) in [5.74, 6) is 1.80. The van der Waals surface area contributed by atoms with Crippen molar-refractivity contribution in [2.24, 2.45) is 5.92 Å². The molecule has 2 rings (SSSR count). The zero-order valence-electron chi connectivity index (χ0n) is 8.69. The molecule has 1 aliphatic heterocycles. The maximum Gasteiger partial charge on any atom is 0.225 e. The first kappa shape index (κ1) is 9.44. The lowest BCUT2D eigenvalue weighted by atomic mass is 9.95. The van der Waals surface area contributed by atoms with Crippen molar-refractivity contribution in [3.8, 4) is 0 Å². The molecule has 0 radical (unpaired) electrons. The molecular formula is C11H17N3. The van der Waals surface area contributed by atoms with Crippen LogP contribution in [0.5, 0.6) is 0 Å². The predicted molar refractivity (Wildman–Crippen MR) is 57.3 cm³/mol. The molecule has 0 N–H and O–H groups in total. The lowest BCUT2D eigenvalue weighted by Crippen LogP contribution is -2.34. The van der Waals surface area contributed by atoms with E-state index in [2.05, 4.69) is 21.8 Å². The third-order valence-electron chi connectivity index (χ3n) is 3.03. The van der Waals surface area contributed by atoms with Crippen molar-refractivity contribution in [2.75, 3.05) is 18.0 Å². The Bertz CT molecular complexity index is 265. The van der Waals surface area contributed by atoms with Gasteiger partial charge in [0.15, 0.2) is 0 Å². The third kappa shape index (κ3) is 2.03. The molecule has 0 bridgehead atoms. The summed E-state index contributed by atoms with van der Waals surface area (Å²) in [7, 11) is 0. The van der Waals surface area contributed by atoms with Gasteiger partial charge < -0.3 is 4.90 Å². The monoisotopic (exact) mass is 191 g/mol. The fraction of sp³-hybridized carbons (Fsp3) is 0.636. The molecule has 0 amide bonds. The fourth-order valence-electron chi connectivity index (χ4n) is 2.00. The van der Waals surface area contributed by atoms with Gasteiger partial charge in [-0.2, -0.15) is 0 Å². The quantitative estimate of drug-likeness (QED) is 0.717. The highest BCUT2D eigenvalue weighted by Crippen LogP contribution is 2.21. The lowest BCUT2D eigenvalue weighted by molar-refractivity contribution is 0.392. The van der Waals surface area contributed by atoms with Gasteiger partial charge in [0.2, 0.25) is 5.95 Å². The molecule has 3 heteroatoms. The van der Waals surface area contributed by atoms with E-state index in [9.17, 15) is 0 Å². The van der Waals surface area contributed by atoms with E-state index in [1.54, 1.807) is 0 Å². The Morgan fingerprint density at radius 2 is 1.93 bits per heavy atom. The molecule has 1 fully saturated rings. The molecule has 0 atom stereocenters. The molecule has 1 aliphatic rings. The van der Waals surface area contributed by atoms with Gasteiger partial charge in [0.1, 0.15) is 0 Å². The minimum absolute atomic E-state index is 0.891. The second kappa shape index (κ2) is 4.40. The van der Waals surface area contributed by atoms with Crippen molar-refractivity contribution in [2.45, 2.75) is 26.2 Å². The molecule has 76 valence electrons. The maximum atomic E-state index is 4.27. The molecule has 1 aromatic heterocycles. The molecule has 2 heterocycles. The Balaban J connectivity index is 1.96. The average Bonchev–Trinajstić information content (AvgIpc) is 2.30. The summed E-state index contributed by atoms with van der Waals surface area (Å²) in [4.78, 5) is 10.8. The minimum atomic E-state index is 0.891. The summed E-state index contributed by atoms with van der Waals surface area (Å²) in [6.45, 7) is 4.50. The Kier molecular flexibility index (Phi) is 2.96. The Morgan fingerprint density at radius 3 is 2.50 bits per heavy atom. The fourth-order valence-corrected chi connectivity index (χ4v) is 2.00. The zero-order valence-corrected chi connectivity index (χ0v) is 8.69. The van der Waals surface area contributed by atoms with E-state index >= 15 is 0 Å². The van der Waals surface area contributed by atoms with Crippen LogP contribution in [-0.2, 0) is 0 Å². The number of hydrogen-bond acceptors (Lipinski definition) is 3. The van der Waals surface area contributed by atoms with Crippen LogP contribution in [0.2, 0.25) is 0 Å². The number of aromatic nitrogens is 2. The van der Waals surface area contributed by atoms with Gasteiger partial charge in [-0.05, 0) is 24.8 Å². The van der Waals surface area contributed by atoms with E-state index in [1.165, 1.54) is 19.3 Å². The Hall–Kier alpha value is -1.12. The first-order valence-electron chi connectivity index (χ1n) is 5.42. The number of piperidine rings is 1. The number of anilines is 1. The number of hydrogen-bond donors (Lipinski definition) is 0. The summed E-state index contributed by atoms with van der Waals surface area (Å²) >= 11 is 0. The van der Waals surface area contributed by atoms with Gasteiger partial charge in [-0.25, -0.2) is 9.97 Å². The maximum absolute atomic E-state index is 4.27. The van der Waals surface area contributed by atoms with Crippen LogP contribution in [0.3, 0.4) is 0 Å². The van der Waals surface area contributed by atoms with Gasteiger partial charge in [0, 0.05) is 25.5 Å². The van der Waals surface area contributed by atoms with Crippen molar-refractivity contribution >= 4 is 5.95 Å². The Morgan fingerprint density at radius 1 is 1.29 bits per heavy atom. The highest BCUT2D eigenvalue weighted by atomic mass is 15.2. The molecule has 0 aromatic carbocycles. The summed E-state index contributed by atoms with van der Waals surface area (Å²) in [6, 6.07) is 1.86.